The van der Waals surface area contributed by atoms with Crippen LogP contribution in [0.5, 0.6) is 0 Å². The van der Waals surface area contributed by atoms with Crippen LogP contribution in [0.4, 0.5) is 0 Å². The second kappa shape index (κ2) is 3.35. The Morgan fingerprint density at radius 3 is 2.70 bits per heavy atom. The lowest BCUT2D eigenvalue weighted by atomic mass is 10.1. The third-order valence-electron chi connectivity index (χ3n) is 2.35. The molecule has 0 radical (unpaired) electrons. The summed E-state index contributed by atoms with van der Waals surface area (Å²) < 4.78 is 5.71. The quantitative estimate of drug-likeness (QED) is 0.432. The lowest BCUT2D eigenvalue weighted by Gasteiger charge is -2.33. The number of hydrogen-bond donors (Lipinski definition) is 0. The first-order valence-electron chi connectivity index (χ1n) is 4.10. The highest BCUT2D eigenvalue weighted by molar-refractivity contribution is 6.38. The maximum absolute atomic E-state index is 5.71. The molecule has 0 aromatic heterocycles. The summed E-state index contributed by atoms with van der Waals surface area (Å²) in [7, 11) is -0.0789. The lowest BCUT2D eigenvalue weighted by molar-refractivity contribution is 0.0133. The van der Waals surface area contributed by atoms with Gasteiger partial charge in [-0.15, -0.1) is 6.58 Å². The number of hydrogen-bond acceptors (Lipinski definition) is 1. The van der Waals surface area contributed by atoms with Crippen molar-refractivity contribution >= 4 is 9.52 Å². The molecule has 1 heterocycles. The standard InChI is InChI=1S/C8H16OSi/c1-3-8(10-2)6-4-5-7-9-8/h3H,1,4-7,10H2,2H3. The first-order chi connectivity index (χ1) is 4.83. The van der Waals surface area contributed by atoms with Crippen molar-refractivity contribution in [3.05, 3.63) is 12.7 Å². The summed E-state index contributed by atoms with van der Waals surface area (Å²) >= 11 is 0. The summed E-state index contributed by atoms with van der Waals surface area (Å²) in [4.78, 5) is 0. The van der Waals surface area contributed by atoms with Crippen LogP contribution in [0.15, 0.2) is 12.7 Å². The molecule has 2 heteroatoms. The molecule has 1 atom stereocenters. The van der Waals surface area contributed by atoms with Crippen LogP contribution in [-0.2, 0) is 4.74 Å². The van der Waals surface area contributed by atoms with Crippen LogP contribution in [0.3, 0.4) is 0 Å². The minimum atomic E-state index is -0.0789. The van der Waals surface area contributed by atoms with E-state index in [1.54, 1.807) is 0 Å². The van der Waals surface area contributed by atoms with Gasteiger partial charge in [-0.25, -0.2) is 0 Å². The molecular formula is C8H16OSi. The molecule has 0 aromatic rings. The van der Waals surface area contributed by atoms with Crippen molar-refractivity contribution in [3.63, 3.8) is 0 Å². The molecule has 1 unspecified atom stereocenters. The first kappa shape index (κ1) is 8.02. The van der Waals surface area contributed by atoms with E-state index in [1.165, 1.54) is 19.3 Å². The van der Waals surface area contributed by atoms with E-state index in [0.717, 1.165) is 6.61 Å². The summed E-state index contributed by atoms with van der Waals surface area (Å²) in [6.07, 6.45) is 5.81. The third kappa shape index (κ3) is 1.50. The molecule has 1 rings (SSSR count). The second-order valence-corrected chi connectivity index (χ2v) is 4.83. The molecule has 1 saturated heterocycles. The maximum Gasteiger partial charge on any atom is 0.0685 e. The Balaban J connectivity index is 2.52. The minimum Gasteiger partial charge on any atom is -0.375 e. The van der Waals surface area contributed by atoms with E-state index in [0.29, 0.717) is 0 Å². The van der Waals surface area contributed by atoms with Crippen LogP contribution in [0.1, 0.15) is 19.3 Å². The van der Waals surface area contributed by atoms with Crippen LogP contribution >= 0.6 is 0 Å². The highest BCUT2D eigenvalue weighted by atomic mass is 28.2. The van der Waals surface area contributed by atoms with Gasteiger partial charge in [0, 0.05) is 6.61 Å². The first-order valence-corrected chi connectivity index (χ1v) is 6.23. The Morgan fingerprint density at radius 2 is 2.40 bits per heavy atom. The van der Waals surface area contributed by atoms with Crippen molar-refractivity contribution in [1.29, 1.82) is 0 Å². The molecule has 0 aromatic carbocycles. The average molecular weight is 156 g/mol. The van der Waals surface area contributed by atoms with Crippen molar-refractivity contribution in [2.24, 2.45) is 0 Å². The van der Waals surface area contributed by atoms with Crippen LogP contribution < -0.4 is 0 Å². The van der Waals surface area contributed by atoms with Crippen LogP contribution in [0.25, 0.3) is 0 Å². The SMILES string of the molecule is C=CC1([SiH2]C)CCCCO1. The molecular weight excluding hydrogens is 140 g/mol. The van der Waals surface area contributed by atoms with Crippen LogP contribution in [-0.4, -0.2) is 21.4 Å². The van der Waals surface area contributed by atoms with Gasteiger partial charge in [0.25, 0.3) is 0 Å². The predicted octanol–water partition coefficient (Wildman–Crippen LogP) is 1.29. The van der Waals surface area contributed by atoms with E-state index >= 15 is 0 Å². The van der Waals surface area contributed by atoms with Crippen molar-refractivity contribution < 1.29 is 4.74 Å². The maximum atomic E-state index is 5.71. The molecule has 1 aliphatic rings. The van der Waals surface area contributed by atoms with Gasteiger partial charge in [-0.1, -0.05) is 12.6 Å². The molecule has 1 nitrogen and oxygen atoms in total. The Bertz CT molecular complexity index is 116. The molecule has 0 spiro atoms. The second-order valence-electron chi connectivity index (χ2n) is 2.93. The molecule has 0 amide bonds. The van der Waals surface area contributed by atoms with E-state index < -0.39 is 0 Å². The molecule has 1 aliphatic heterocycles. The Hall–Kier alpha value is -0.0831. The van der Waals surface area contributed by atoms with Gasteiger partial charge in [-0.05, 0) is 19.3 Å². The van der Waals surface area contributed by atoms with E-state index in [2.05, 4.69) is 13.1 Å². The van der Waals surface area contributed by atoms with Crippen molar-refractivity contribution in [1.82, 2.24) is 0 Å². The van der Waals surface area contributed by atoms with E-state index in [-0.39, 0.29) is 14.7 Å². The Morgan fingerprint density at radius 1 is 1.60 bits per heavy atom. The molecule has 1 fully saturated rings. The highest BCUT2D eigenvalue weighted by Gasteiger charge is 2.27. The molecule has 0 N–H and O–H groups in total. The van der Waals surface area contributed by atoms with E-state index in [1.807, 2.05) is 6.08 Å². The molecule has 0 bridgehead atoms. The average Bonchev–Trinajstić information content (AvgIpc) is 2.06. The van der Waals surface area contributed by atoms with E-state index in [9.17, 15) is 0 Å². The third-order valence-corrected chi connectivity index (χ3v) is 4.40. The highest BCUT2D eigenvalue weighted by Crippen LogP contribution is 2.24. The van der Waals surface area contributed by atoms with Gasteiger partial charge in [0.1, 0.15) is 0 Å². The fourth-order valence-corrected chi connectivity index (χ4v) is 2.70. The van der Waals surface area contributed by atoms with Crippen LogP contribution in [0, 0.1) is 0 Å². The zero-order valence-corrected chi connectivity index (χ0v) is 8.14. The van der Waals surface area contributed by atoms with Gasteiger partial charge >= 0.3 is 0 Å². The fraction of sp³-hybridized carbons (Fsp3) is 0.750. The van der Waals surface area contributed by atoms with Crippen molar-refractivity contribution in [2.75, 3.05) is 6.61 Å². The lowest BCUT2D eigenvalue weighted by Crippen LogP contribution is -2.38. The van der Waals surface area contributed by atoms with Gasteiger partial charge in [0.15, 0.2) is 0 Å². The number of rotatable bonds is 2. The molecule has 10 heavy (non-hydrogen) atoms. The summed E-state index contributed by atoms with van der Waals surface area (Å²) in [5.74, 6) is 0. The monoisotopic (exact) mass is 156 g/mol. The summed E-state index contributed by atoms with van der Waals surface area (Å²) in [5, 5.41) is 0.165. The summed E-state index contributed by atoms with van der Waals surface area (Å²) in [6, 6.07) is 0. The smallest absolute Gasteiger partial charge is 0.0685 e. The Kier molecular flexibility index (Phi) is 2.69. The zero-order valence-electron chi connectivity index (χ0n) is 6.73. The summed E-state index contributed by atoms with van der Waals surface area (Å²) in [6.45, 7) is 7.09. The normalized spacial score (nSPS) is 34.9. The van der Waals surface area contributed by atoms with E-state index in [4.69, 9.17) is 4.74 Å². The number of ether oxygens (including phenoxy) is 1. The van der Waals surface area contributed by atoms with Crippen LogP contribution in [0.2, 0.25) is 6.55 Å². The largest absolute Gasteiger partial charge is 0.375 e. The van der Waals surface area contributed by atoms with Crippen molar-refractivity contribution in [3.8, 4) is 0 Å². The molecule has 0 saturated carbocycles. The minimum absolute atomic E-state index is 0.0789. The van der Waals surface area contributed by atoms with Crippen molar-refractivity contribution in [2.45, 2.75) is 31.0 Å². The van der Waals surface area contributed by atoms with Gasteiger partial charge in [0.2, 0.25) is 0 Å². The molecule has 58 valence electrons. The zero-order chi connectivity index (χ0) is 7.45. The predicted molar refractivity (Wildman–Crippen MR) is 47.1 cm³/mol. The topological polar surface area (TPSA) is 9.23 Å². The molecule has 0 aliphatic carbocycles. The summed E-state index contributed by atoms with van der Waals surface area (Å²) in [5.41, 5.74) is 0. The van der Waals surface area contributed by atoms with Gasteiger partial charge in [0.05, 0.1) is 14.7 Å². The van der Waals surface area contributed by atoms with Gasteiger partial charge in [-0.3, -0.25) is 0 Å². The van der Waals surface area contributed by atoms with Gasteiger partial charge < -0.3 is 4.74 Å². The fourth-order valence-electron chi connectivity index (χ4n) is 1.46. The van der Waals surface area contributed by atoms with Gasteiger partial charge in [-0.2, -0.15) is 0 Å². The Labute approximate surface area is 65.3 Å².